The van der Waals surface area contributed by atoms with Crippen LogP contribution in [0.3, 0.4) is 0 Å². The summed E-state index contributed by atoms with van der Waals surface area (Å²) in [6, 6.07) is 3.66. The molecule has 6 aliphatic heterocycles. The molecule has 6 heterocycles. The maximum absolute atomic E-state index is 13.5. The van der Waals surface area contributed by atoms with Crippen molar-refractivity contribution in [3.05, 3.63) is 0 Å². The Kier molecular flexibility index (Phi) is 11.2. The monoisotopic (exact) mass is 625 g/mol. The maximum atomic E-state index is 13.5. The van der Waals surface area contributed by atoms with Gasteiger partial charge in [-0.25, -0.2) is 9.98 Å². The van der Waals surface area contributed by atoms with E-state index in [2.05, 4.69) is 48.1 Å². The highest BCUT2D eigenvalue weighted by molar-refractivity contribution is 5.86. The quantitative estimate of drug-likeness (QED) is 0.143. The number of ether oxygens (including phenoxy) is 1. The van der Waals surface area contributed by atoms with Crippen LogP contribution < -0.4 is 10.6 Å². The first kappa shape index (κ1) is 32.9. The number of nitrogens with zero attached hydrogens (tertiary/aromatic N) is 4. The van der Waals surface area contributed by atoms with Crippen LogP contribution in [0, 0.1) is 5.92 Å². The summed E-state index contributed by atoms with van der Waals surface area (Å²) in [7, 11) is 0. The van der Waals surface area contributed by atoms with Gasteiger partial charge in [0.15, 0.2) is 11.9 Å². The summed E-state index contributed by atoms with van der Waals surface area (Å²) in [4.78, 5) is 28.8. The van der Waals surface area contributed by atoms with Gasteiger partial charge in [-0.2, -0.15) is 0 Å². The van der Waals surface area contributed by atoms with Crippen LogP contribution in [0.2, 0.25) is 0 Å². The van der Waals surface area contributed by atoms with Crippen LogP contribution in [0.15, 0.2) is 9.98 Å². The van der Waals surface area contributed by atoms with Crippen molar-refractivity contribution in [2.45, 2.75) is 211 Å². The molecule has 0 saturated carbocycles. The molecule has 0 aromatic carbocycles. The molecule has 10 atom stereocenters. The fourth-order valence-electron chi connectivity index (χ4n) is 9.74. The average molecular weight is 625 g/mol. The van der Waals surface area contributed by atoms with Crippen molar-refractivity contribution in [2.24, 2.45) is 15.9 Å². The SMILES string of the molecule is CCCCCCCCCC1CC2CCC3C(C(=O)OC(C)CCCCC[C@@H]4CC5CCC6C[C@H](C)NC(=N4)N56)[C@@H](C)N=C(N1)N23. The summed E-state index contributed by atoms with van der Waals surface area (Å²) < 4.78 is 6.12. The van der Waals surface area contributed by atoms with Crippen LogP contribution in [0.25, 0.3) is 0 Å². The van der Waals surface area contributed by atoms with E-state index in [1.54, 1.807) is 0 Å². The third-order valence-corrected chi connectivity index (χ3v) is 12.0. The van der Waals surface area contributed by atoms with E-state index in [0.29, 0.717) is 36.3 Å². The molecule has 254 valence electrons. The second-order valence-electron chi connectivity index (χ2n) is 15.7. The number of carbonyl (C=O) groups excluding carboxylic acids is 1. The van der Waals surface area contributed by atoms with Crippen LogP contribution in [0.4, 0.5) is 0 Å². The van der Waals surface area contributed by atoms with Gasteiger partial charge in [-0.1, -0.05) is 64.7 Å². The zero-order chi connectivity index (χ0) is 31.3. The van der Waals surface area contributed by atoms with Crippen molar-refractivity contribution in [1.82, 2.24) is 20.4 Å². The lowest BCUT2D eigenvalue weighted by Gasteiger charge is -2.47. The molecule has 0 bridgehead atoms. The summed E-state index contributed by atoms with van der Waals surface area (Å²) in [6.45, 7) is 8.79. The number of unbranched alkanes of at least 4 members (excludes halogenated alkanes) is 8. The fourth-order valence-corrected chi connectivity index (χ4v) is 9.74. The Morgan fingerprint density at radius 1 is 0.800 bits per heavy atom. The highest BCUT2D eigenvalue weighted by Gasteiger charge is 2.51. The van der Waals surface area contributed by atoms with Gasteiger partial charge in [0.25, 0.3) is 0 Å². The lowest BCUT2D eigenvalue weighted by molar-refractivity contribution is -0.156. The van der Waals surface area contributed by atoms with E-state index in [0.717, 1.165) is 25.2 Å². The summed E-state index contributed by atoms with van der Waals surface area (Å²) in [5.74, 6) is 2.06. The smallest absolute Gasteiger partial charge is 0.313 e. The molecule has 0 aliphatic carbocycles. The molecule has 4 saturated heterocycles. The van der Waals surface area contributed by atoms with Gasteiger partial charge >= 0.3 is 5.97 Å². The molecule has 4 fully saturated rings. The van der Waals surface area contributed by atoms with Gasteiger partial charge in [0.2, 0.25) is 0 Å². The van der Waals surface area contributed by atoms with Crippen LogP contribution >= 0.6 is 0 Å². The summed E-state index contributed by atoms with van der Waals surface area (Å²) in [6.07, 6.45) is 24.9. The predicted octanol–water partition coefficient (Wildman–Crippen LogP) is 6.92. The largest absolute Gasteiger partial charge is 0.462 e. The molecule has 0 amide bonds. The first-order chi connectivity index (χ1) is 21.9. The van der Waals surface area contributed by atoms with Gasteiger partial charge in [0.1, 0.15) is 0 Å². The van der Waals surface area contributed by atoms with Crippen LogP contribution in [0.1, 0.15) is 156 Å². The van der Waals surface area contributed by atoms with Crippen LogP contribution in [-0.2, 0) is 9.53 Å². The molecular weight excluding hydrogens is 560 g/mol. The second kappa shape index (κ2) is 15.3. The number of aliphatic imine (C=N–C) groups is 2. The third kappa shape index (κ3) is 7.77. The molecule has 0 aromatic rings. The molecule has 2 N–H and O–H groups in total. The van der Waals surface area contributed by atoms with E-state index < -0.39 is 0 Å². The number of hydrogen-bond acceptors (Lipinski definition) is 8. The van der Waals surface area contributed by atoms with Gasteiger partial charge < -0.3 is 25.2 Å². The Labute approximate surface area is 274 Å². The minimum atomic E-state index is -0.154. The molecule has 8 nitrogen and oxygen atoms in total. The number of guanidine groups is 2. The molecular formula is C37H64N6O2. The van der Waals surface area contributed by atoms with E-state index in [-0.39, 0.29) is 30.1 Å². The van der Waals surface area contributed by atoms with Crippen molar-refractivity contribution >= 4 is 17.9 Å². The van der Waals surface area contributed by atoms with E-state index in [1.165, 1.54) is 115 Å². The van der Waals surface area contributed by atoms with Gasteiger partial charge in [0.05, 0.1) is 24.1 Å². The van der Waals surface area contributed by atoms with Crippen molar-refractivity contribution in [3.8, 4) is 0 Å². The molecule has 0 radical (unpaired) electrons. The van der Waals surface area contributed by atoms with E-state index in [1.807, 2.05) is 0 Å². The number of hydrogen-bond donors (Lipinski definition) is 2. The first-order valence-electron chi connectivity index (χ1n) is 19.4. The fraction of sp³-hybridized carbons (Fsp3) is 0.919. The van der Waals surface area contributed by atoms with Gasteiger partial charge in [-0.05, 0) is 91.4 Å². The maximum Gasteiger partial charge on any atom is 0.313 e. The van der Waals surface area contributed by atoms with Gasteiger partial charge in [-0.15, -0.1) is 0 Å². The Hall–Kier alpha value is -1.99. The normalized spacial score (nSPS) is 35.5. The van der Waals surface area contributed by atoms with Crippen molar-refractivity contribution in [3.63, 3.8) is 0 Å². The molecule has 45 heavy (non-hydrogen) atoms. The number of carbonyl (C=O) groups is 1. The van der Waals surface area contributed by atoms with Crippen molar-refractivity contribution in [2.75, 3.05) is 0 Å². The highest BCUT2D eigenvalue weighted by Crippen LogP contribution is 2.40. The summed E-state index contributed by atoms with van der Waals surface area (Å²) in [5.41, 5.74) is 0. The Morgan fingerprint density at radius 2 is 1.47 bits per heavy atom. The second-order valence-corrected chi connectivity index (χ2v) is 15.7. The zero-order valence-electron chi connectivity index (χ0n) is 29.0. The van der Waals surface area contributed by atoms with E-state index in [9.17, 15) is 4.79 Å². The molecule has 8 heteroatoms. The Morgan fingerprint density at radius 3 is 2.29 bits per heavy atom. The van der Waals surface area contributed by atoms with E-state index >= 15 is 0 Å². The molecule has 0 aromatic heterocycles. The third-order valence-electron chi connectivity index (χ3n) is 12.0. The molecule has 6 aliphatic rings. The minimum absolute atomic E-state index is 0.0275. The summed E-state index contributed by atoms with van der Waals surface area (Å²) in [5, 5.41) is 7.46. The molecule has 0 spiro atoms. The Bertz CT molecular complexity index is 1050. The first-order valence-corrected chi connectivity index (χ1v) is 19.4. The van der Waals surface area contributed by atoms with Crippen molar-refractivity contribution in [1.29, 1.82) is 0 Å². The van der Waals surface area contributed by atoms with Crippen LogP contribution in [-0.4, -0.2) is 82.1 Å². The van der Waals surface area contributed by atoms with Gasteiger partial charge in [-0.3, -0.25) is 4.79 Å². The molecule has 6 rings (SSSR count). The van der Waals surface area contributed by atoms with Crippen LogP contribution in [0.5, 0.6) is 0 Å². The topological polar surface area (TPSA) is 81.6 Å². The van der Waals surface area contributed by atoms with Gasteiger partial charge in [0, 0.05) is 36.3 Å². The summed E-state index contributed by atoms with van der Waals surface area (Å²) >= 11 is 0. The van der Waals surface area contributed by atoms with Crippen molar-refractivity contribution < 1.29 is 9.53 Å². The molecule has 7 unspecified atom stereocenters. The van der Waals surface area contributed by atoms with E-state index in [4.69, 9.17) is 14.7 Å². The number of esters is 1. The Balaban J connectivity index is 0.903. The predicted molar refractivity (Wildman–Crippen MR) is 184 cm³/mol. The number of nitrogens with one attached hydrogen (secondary N) is 2. The highest BCUT2D eigenvalue weighted by atomic mass is 16.5. The average Bonchev–Trinajstić information content (AvgIpc) is 3.61. The standard InChI is InChI=1S/C37H64N6O2/c1-5-6-7-8-9-10-13-16-29-24-32-20-21-33-34(27(4)39-37(41-29)43(32)33)35(44)45-26(3)15-12-11-14-17-28-23-31-19-18-30-22-25(2)38-36(40-28)42(30)31/h25-34H,5-24H2,1-4H3,(H,38,40)(H,39,41)/t25-,26?,27+,28+,29?,30?,31?,32?,33?,34?/m0/s1. The lowest BCUT2D eigenvalue weighted by atomic mass is 9.89. The number of rotatable bonds is 16. The minimum Gasteiger partial charge on any atom is -0.462 e. The lowest BCUT2D eigenvalue weighted by Crippen LogP contribution is -2.63. The zero-order valence-corrected chi connectivity index (χ0v) is 29.0.